The molecule has 0 aromatic carbocycles. The Labute approximate surface area is 135 Å². The van der Waals surface area contributed by atoms with Crippen LogP contribution >= 0.6 is 0 Å². The van der Waals surface area contributed by atoms with Crippen LogP contribution in [0, 0.1) is 28.6 Å². The third-order valence-corrected chi connectivity index (χ3v) is 8.16. The van der Waals surface area contributed by atoms with Crippen molar-refractivity contribution >= 4 is 5.78 Å². The Balaban J connectivity index is 1.70. The lowest BCUT2D eigenvalue weighted by Gasteiger charge is -2.57. The monoisotopic (exact) mass is 298 g/mol. The SMILES string of the molecule is CC=C1CCC2C3CCC4=CC(=O)CC[C@]4(C)C3CC[C@]12C. The average Bonchev–Trinajstić information content (AvgIpc) is 2.84. The van der Waals surface area contributed by atoms with Gasteiger partial charge in [-0.15, -0.1) is 0 Å². The molecule has 4 rings (SSSR count). The third kappa shape index (κ3) is 1.80. The summed E-state index contributed by atoms with van der Waals surface area (Å²) in [5.41, 5.74) is 4.05. The molecule has 1 heteroatoms. The Morgan fingerprint density at radius 2 is 1.77 bits per heavy atom. The first-order valence-electron chi connectivity index (χ1n) is 9.38. The first-order valence-corrected chi connectivity index (χ1v) is 9.38. The van der Waals surface area contributed by atoms with Crippen LogP contribution in [0.25, 0.3) is 0 Å². The Hall–Kier alpha value is -0.850. The molecule has 3 unspecified atom stereocenters. The Kier molecular flexibility index (Phi) is 3.23. The van der Waals surface area contributed by atoms with Crippen molar-refractivity contribution in [3.8, 4) is 0 Å². The predicted octanol–water partition coefficient (Wildman–Crippen LogP) is 5.46. The summed E-state index contributed by atoms with van der Waals surface area (Å²) in [5.74, 6) is 3.00. The van der Waals surface area contributed by atoms with Gasteiger partial charge in [0.05, 0.1) is 0 Å². The molecule has 0 heterocycles. The van der Waals surface area contributed by atoms with Gasteiger partial charge < -0.3 is 0 Å². The molecular weight excluding hydrogens is 268 g/mol. The molecule has 22 heavy (non-hydrogen) atoms. The fourth-order valence-corrected chi connectivity index (χ4v) is 6.88. The molecule has 0 amide bonds. The first-order chi connectivity index (χ1) is 10.5. The van der Waals surface area contributed by atoms with Crippen LogP contribution in [0.1, 0.15) is 72.1 Å². The Morgan fingerprint density at radius 3 is 2.55 bits per heavy atom. The maximum absolute atomic E-state index is 11.9. The minimum atomic E-state index is 0.330. The number of rotatable bonds is 0. The molecule has 0 bridgehead atoms. The van der Waals surface area contributed by atoms with Gasteiger partial charge in [0, 0.05) is 6.42 Å². The number of carbonyl (C=O) groups is 1. The molecule has 0 saturated heterocycles. The van der Waals surface area contributed by atoms with Gasteiger partial charge in [-0.25, -0.2) is 0 Å². The highest BCUT2D eigenvalue weighted by Gasteiger charge is 2.57. The normalized spacial score (nSPS) is 49.4. The smallest absolute Gasteiger partial charge is 0.155 e. The molecule has 0 aromatic heterocycles. The molecule has 0 aromatic rings. The standard InChI is InChI=1S/C21H30O/c1-4-14-6-8-18-17-7-5-15-13-16(22)9-11-21(15,3)19(17)10-12-20(14,18)2/h4,13,17-19H,5-12H2,1-3H3/t17?,18?,19?,20-,21+/m1/s1. The van der Waals surface area contributed by atoms with E-state index in [4.69, 9.17) is 0 Å². The van der Waals surface area contributed by atoms with Gasteiger partial charge in [-0.05, 0) is 86.5 Å². The van der Waals surface area contributed by atoms with E-state index < -0.39 is 0 Å². The summed E-state index contributed by atoms with van der Waals surface area (Å²) in [6.45, 7) is 7.27. The zero-order valence-electron chi connectivity index (χ0n) is 14.5. The molecule has 120 valence electrons. The zero-order chi connectivity index (χ0) is 15.5. The van der Waals surface area contributed by atoms with Gasteiger partial charge in [-0.1, -0.05) is 31.1 Å². The summed E-state index contributed by atoms with van der Waals surface area (Å²) in [7, 11) is 0. The summed E-state index contributed by atoms with van der Waals surface area (Å²) in [6, 6.07) is 0. The second-order valence-corrected chi connectivity index (χ2v) is 8.78. The van der Waals surface area contributed by atoms with Crippen LogP contribution in [0.15, 0.2) is 23.3 Å². The molecule has 0 spiro atoms. The van der Waals surface area contributed by atoms with Crippen molar-refractivity contribution in [1.29, 1.82) is 0 Å². The number of hydrogen-bond acceptors (Lipinski definition) is 1. The maximum atomic E-state index is 11.9. The number of fused-ring (bicyclic) bond motifs is 5. The highest BCUT2D eigenvalue weighted by molar-refractivity contribution is 5.91. The molecule has 4 aliphatic rings. The Bertz CT molecular complexity index is 568. The fraction of sp³-hybridized carbons (Fsp3) is 0.762. The van der Waals surface area contributed by atoms with Gasteiger partial charge in [0.15, 0.2) is 5.78 Å². The molecule has 0 aliphatic heterocycles. The molecule has 5 atom stereocenters. The third-order valence-electron chi connectivity index (χ3n) is 8.16. The van der Waals surface area contributed by atoms with Gasteiger partial charge >= 0.3 is 0 Å². The Morgan fingerprint density at radius 1 is 1.00 bits per heavy atom. The quantitative estimate of drug-likeness (QED) is 0.542. The highest BCUT2D eigenvalue weighted by Crippen LogP contribution is 2.66. The van der Waals surface area contributed by atoms with E-state index in [9.17, 15) is 4.79 Å². The number of ketones is 1. The van der Waals surface area contributed by atoms with E-state index in [2.05, 4.69) is 26.8 Å². The van der Waals surface area contributed by atoms with Crippen LogP contribution < -0.4 is 0 Å². The minimum Gasteiger partial charge on any atom is -0.295 e. The van der Waals surface area contributed by atoms with Crippen molar-refractivity contribution in [3.63, 3.8) is 0 Å². The van der Waals surface area contributed by atoms with Crippen molar-refractivity contribution in [2.75, 3.05) is 0 Å². The van der Waals surface area contributed by atoms with E-state index in [-0.39, 0.29) is 0 Å². The van der Waals surface area contributed by atoms with Crippen LogP contribution in [0.2, 0.25) is 0 Å². The molecular formula is C21H30O. The van der Waals surface area contributed by atoms with Gasteiger partial charge in [0.1, 0.15) is 0 Å². The second kappa shape index (κ2) is 4.82. The lowest BCUT2D eigenvalue weighted by molar-refractivity contribution is -0.117. The van der Waals surface area contributed by atoms with Crippen molar-refractivity contribution in [2.45, 2.75) is 72.1 Å². The molecule has 3 fully saturated rings. The number of allylic oxidation sites excluding steroid dienone is 3. The molecule has 3 saturated carbocycles. The molecule has 0 N–H and O–H groups in total. The summed E-state index contributed by atoms with van der Waals surface area (Å²) >= 11 is 0. The van der Waals surface area contributed by atoms with Crippen LogP contribution in [-0.4, -0.2) is 5.78 Å². The van der Waals surface area contributed by atoms with E-state index in [0.717, 1.165) is 30.6 Å². The highest BCUT2D eigenvalue weighted by atomic mass is 16.1. The minimum absolute atomic E-state index is 0.330. The van der Waals surface area contributed by atoms with Crippen molar-refractivity contribution in [3.05, 3.63) is 23.3 Å². The van der Waals surface area contributed by atoms with Crippen LogP contribution in [-0.2, 0) is 4.79 Å². The summed E-state index contributed by atoms with van der Waals surface area (Å²) < 4.78 is 0. The molecule has 4 aliphatic carbocycles. The molecule has 1 nitrogen and oxygen atoms in total. The zero-order valence-corrected chi connectivity index (χ0v) is 14.5. The number of carbonyl (C=O) groups excluding carboxylic acids is 1. The van der Waals surface area contributed by atoms with Crippen molar-refractivity contribution < 1.29 is 4.79 Å². The summed E-state index contributed by atoms with van der Waals surface area (Å²) in [6.07, 6.45) is 14.3. The first kappa shape index (κ1) is 14.7. The molecule has 0 radical (unpaired) electrons. The van der Waals surface area contributed by atoms with Crippen molar-refractivity contribution in [1.82, 2.24) is 0 Å². The van der Waals surface area contributed by atoms with E-state index in [0.29, 0.717) is 16.6 Å². The largest absolute Gasteiger partial charge is 0.295 e. The average molecular weight is 298 g/mol. The lowest BCUT2D eigenvalue weighted by Crippen LogP contribution is -2.49. The predicted molar refractivity (Wildman–Crippen MR) is 90.5 cm³/mol. The topological polar surface area (TPSA) is 17.1 Å². The van der Waals surface area contributed by atoms with E-state index in [1.807, 2.05) is 6.08 Å². The van der Waals surface area contributed by atoms with Crippen LogP contribution in [0.4, 0.5) is 0 Å². The van der Waals surface area contributed by atoms with Gasteiger partial charge in [0.2, 0.25) is 0 Å². The summed E-state index contributed by atoms with van der Waals surface area (Å²) in [4.78, 5) is 11.9. The van der Waals surface area contributed by atoms with E-state index >= 15 is 0 Å². The van der Waals surface area contributed by atoms with Gasteiger partial charge in [-0.2, -0.15) is 0 Å². The number of hydrogen-bond donors (Lipinski definition) is 0. The second-order valence-electron chi connectivity index (χ2n) is 8.78. The van der Waals surface area contributed by atoms with E-state index in [1.54, 1.807) is 5.57 Å². The van der Waals surface area contributed by atoms with Crippen LogP contribution in [0.5, 0.6) is 0 Å². The van der Waals surface area contributed by atoms with Gasteiger partial charge in [-0.3, -0.25) is 4.79 Å². The van der Waals surface area contributed by atoms with E-state index in [1.165, 1.54) is 44.1 Å². The van der Waals surface area contributed by atoms with Gasteiger partial charge in [0.25, 0.3) is 0 Å². The summed E-state index contributed by atoms with van der Waals surface area (Å²) in [5, 5.41) is 0. The van der Waals surface area contributed by atoms with Crippen molar-refractivity contribution in [2.24, 2.45) is 28.6 Å². The van der Waals surface area contributed by atoms with Crippen LogP contribution in [0.3, 0.4) is 0 Å². The lowest BCUT2D eigenvalue weighted by atomic mass is 9.47. The fourth-order valence-electron chi connectivity index (χ4n) is 6.88. The maximum Gasteiger partial charge on any atom is 0.155 e.